The van der Waals surface area contributed by atoms with E-state index < -0.39 is 12.3 Å². The minimum atomic E-state index is -1.07. The van der Waals surface area contributed by atoms with Gasteiger partial charge in [0.2, 0.25) is 5.91 Å². The molecule has 3 nitrogen and oxygen atoms in total. The molecule has 1 rings (SSSR count). The molecule has 0 unspecified atom stereocenters. The van der Waals surface area contributed by atoms with Crippen LogP contribution < -0.4 is 0 Å². The Balaban J connectivity index is 2.65. The van der Waals surface area contributed by atoms with Crippen molar-refractivity contribution in [1.82, 2.24) is 4.90 Å². The van der Waals surface area contributed by atoms with Crippen LogP contribution in [0.2, 0.25) is 0 Å². The monoisotopic (exact) mass is 190 g/mol. The smallest absolute Gasteiger partial charge is 0.289 e. The van der Waals surface area contributed by atoms with Crippen LogP contribution in [-0.2, 0) is 4.79 Å². The van der Waals surface area contributed by atoms with E-state index in [0.717, 1.165) is 0 Å². The van der Waals surface area contributed by atoms with Gasteiger partial charge in [-0.25, -0.2) is 11.0 Å². The number of amides is 1. The average Bonchev–Trinajstić information content (AvgIpc) is 2.45. The molecule has 5 heteroatoms. The Kier molecular flexibility index (Phi) is 2.88. The molecule has 0 bridgehead atoms. The van der Waals surface area contributed by atoms with Gasteiger partial charge in [0.05, 0.1) is 13.0 Å². The van der Waals surface area contributed by atoms with Gasteiger partial charge in [-0.15, -0.1) is 11.6 Å². The maximum atomic E-state index is 12.7. The van der Waals surface area contributed by atoms with E-state index in [1.807, 2.05) is 0 Å². The molecular weight excluding hydrogens is 183 g/mol. The zero-order valence-electron chi connectivity index (χ0n) is 6.33. The van der Waals surface area contributed by atoms with Crippen LogP contribution in [0.4, 0.5) is 4.39 Å². The summed E-state index contributed by atoms with van der Waals surface area (Å²) in [5, 5.41) is 0. The van der Waals surface area contributed by atoms with Crippen molar-refractivity contribution in [3.63, 3.8) is 0 Å². The number of alkyl halides is 2. The Morgan fingerprint density at radius 3 is 3.00 bits per heavy atom. The minimum absolute atomic E-state index is 0.0125. The third-order valence-corrected chi connectivity index (χ3v) is 2.03. The first-order valence-electron chi connectivity index (χ1n) is 3.55. The van der Waals surface area contributed by atoms with Gasteiger partial charge in [-0.1, -0.05) is 0 Å². The van der Waals surface area contributed by atoms with E-state index in [-0.39, 0.29) is 24.8 Å². The van der Waals surface area contributed by atoms with E-state index in [9.17, 15) is 9.18 Å². The molecule has 1 aliphatic rings. The van der Waals surface area contributed by atoms with Gasteiger partial charge in [0.1, 0.15) is 12.1 Å². The molecule has 66 valence electrons. The zero-order chi connectivity index (χ0) is 9.14. The summed E-state index contributed by atoms with van der Waals surface area (Å²) in [6.45, 7) is 6.72. The lowest BCUT2D eigenvalue weighted by molar-refractivity contribution is -0.128. The van der Waals surface area contributed by atoms with Gasteiger partial charge in [-0.3, -0.25) is 14.5 Å². The average molecular weight is 191 g/mol. The summed E-state index contributed by atoms with van der Waals surface area (Å²) in [6.07, 6.45) is -1.60. The molecule has 0 radical (unpaired) electrons. The van der Waals surface area contributed by atoms with Crippen molar-refractivity contribution < 1.29 is 9.18 Å². The molecule has 1 heterocycles. The Labute approximate surface area is 74.9 Å². The molecule has 1 saturated heterocycles. The fourth-order valence-electron chi connectivity index (χ4n) is 1.23. The molecular formula is C7H8ClFN2O. The van der Waals surface area contributed by atoms with E-state index in [1.54, 1.807) is 0 Å². The van der Waals surface area contributed by atoms with Crippen molar-refractivity contribution in [2.45, 2.75) is 18.8 Å². The Morgan fingerprint density at radius 2 is 2.50 bits per heavy atom. The lowest BCUT2D eigenvalue weighted by Crippen LogP contribution is -2.34. The predicted octanol–water partition coefficient (Wildman–Crippen LogP) is 1.04. The first-order valence-corrected chi connectivity index (χ1v) is 4.08. The van der Waals surface area contributed by atoms with E-state index in [0.29, 0.717) is 0 Å². The van der Waals surface area contributed by atoms with Crippen LogP contribution >= 0.6 is 11.6 Å². The SMILES string of the molecule is [C-]#[N+][C@@H]1C[C@H](F)CN1C(=O)CCl. The summed E-state index contributed by atoms with van der Waals surface area (Å²) in [7, 11) is 0. The molecule has 2 atom stereocenters. The van der Waals surface area contributed by atoms with Crippen molar-refractivity contribution in [2.24, 2.45) is 0 Å². The van der Waals surface area contributed by atoms with Crippen LogP contribution in [0.25, 0.3) is 4.85 Å². The fraction of sp³-hybridized carbons (Fsp3) is 0.714. The number of hydrogen-bond acceptors (Lipinski definition) is 1. The molecule has 0 aromatic rings. The molecule has 0 N–H and O–H groups in total. The number of hydrogen-bond donors (Lipinski definition) is 0. The van der Waals surface area contributed by atoms with Crippen LogP contribution in [0.15, 0.2) is 0 Å². The largest absolute Gasteiger partial charge is 0.303 e. The topological polar surface area (TPSA) is 24.7 Å². The van der Waals surface area contributed by atoms with Crippen molar-refractivity contribution >= 4 is 17.5 Å². The molecule has 0 saturated carbocycles. The van der Waals surface area contributed by atoms with Crippen molar-refractivity contribution in [3.8, 4) is 0 Å². The first kappa shape index (κ1) is 9.27. The molecule has 0 aromatic carbocycles. The van der Waals surface area contributed by atoms with Crippen LogP contribution in [-0.4, -0.2) is 35.6 Å². The number of carbonyl (C=O) groups is 1. The number of rotatable bonds is 1. The summed E-state index contributed by atoms with van der Waals surface area (Å²) in [4.78, 5) is 15.4. The Morgan fingerprint density at radius 1 is 1.83 bits per heavy atom. The lowest BCUT2D eigenvalue weighted by atomic mass is 10.3. The highest BCUT2D eigenvalue weighted by Crippen LogP contribution is 2.21. The summed E-state index contributed by atoms with van der Waals surface area (Å²) in [5.74, 6) is -0.545. The fourth-order valence-corrected chi connectivity index (χ4v) is 1.39. The van der Waals surface area contributed by atoms with Crippen molar-refractivity contribution in [1.29, 1.82) is 0 Å². The maximum absolute atomic E-state index is 12.7. The van der Waals surface area contributed by atoms with Crippen LogP contribution in [0.3, 0.4) is 0 Å². The van der Waals surface area contributed by atoms with E-state index in [4.69, 9.17) is 18.2 Å². The van der Waals surface area contributed by atoms with E-state index in [1.165, 1.54) is 4.90 Å². The van der Waals surface area contributed by atoms with Gasteiger partial charge in [0, 0.05) is 0 Å². The molecule has 0 aliphatic carbocycles. The number of nitrogens with zero attached hydrogens (tertiary/aromatic N) is 2. The first-order chi connectivity index (χ1) is 5.69. The summed E-state index contributed by atoms with van der Waals surface area (Å²) in [6, 6.07) is 0. The quantitative estimate of drug-likeness (QED) is 0.448. The summed E-state index contributed by atoms with van der Waals surface area (Å²) in [5.41, 5.74) is 0. The van der Waals surface area contributed by atoms with Crippen molar-refractivity contribution in [3.05, 3.63) is 11.4 Å². The van der Waals surface area contributed by atoms with Gasteiger partial charge in [-0.05, 0) is 0 Å². The lowest BCUT2D eigenvalue weighted by Gasteiger charge is -2.13. The molecule has 12 heavy (non-hydrogen) atoms. The number of likely N-dealkylation sites (tertiary alicyclic amines) is 1. The third-order valence-electron chi connectivity index (χ3n) is 1.80. The predicted molar refractivity (Wildman–Crippen MR) is 42.3 cm³/mol. The second-order valence-corrected chi connectivity index (χ2v) is 2.89. The summed E-state index contributed by atoms with van der Waals surface area (Å²) >= 11 is 5.29. The van der Waals surface area contributed by atoms with Crippen LogP contribution in [0.1, 0.15) is 6.42 Å². The highest BCUT2D eigenvalue weighted by atomic mass is 35.5. The Hall–Kier alpha value is -0.820. The second-order valence-electron chi connectivity index (χ2n) is 2.62. The highest BCUT2D eigenvalue weighted by molar-refractivity contribution is 6.27. The summed E-state index contributed by atoms with van der Waals surface area (Å²) < 4.78 is 12.7. The zero-order valence-corrected chi connectivity index (χ0v) is 7.09. The minimum Gasteiger partial charge on any atom is -0.289 e. The van der Waals surface area contributed by atoms with Gasteiger partial charge >= 0.3 is 6.17 Å². The molecule has 0 spiro atoms. The molecule has 1 fully saturated rings. The number of halogens is 2. The normalized spacial score (nSPS) is 28.6. The second kappa shape index (κ2) is 3.72. The van der Waals surface area contributed by atoms with E-state index >= 15 is 0 Å². The van der Waals surface area contributed by atoms with Gasteiger partial charge in [-0.2, -0.15) is 0 Å². The maximum Gasteiger partial charge on any atom is 0.303 e. The Bertz CT molecular complexity index is 228. The van der Waals surface area contributed by atoms with Crippen molar-refractivity contribution in [2.75, 3.05) is 12.4 Å². The highest BCUT2D eigenvalue weighted by Gasteiger charge is 2.38. The van der Waals surface area contributed by atoms with Crippen LogP contribution in [0.5, 0.6) is 0 Å². The number of carbonyl (C=O) groups excluding carboxylic acids is 1. The van der Waals surface area contributed by atoms with Gasteiger partial charge in [0.15, 0.2) is 0 Å². The van der Waals surface area contributed by atoms with E-state index in [2.05, 4.69) is 4.85 Å². The van der Waals surface area contributed by atoms with Gasteiger partial charge in [0.25, 0.3) is 0 Å². The standard InChI is InChI=1S/C7H8ClFN2O/c1-10-6-2-5(9)4-11(6)7(12)3-8/h5-6H,2-4H2/t5-,6-/m0/s1. The van der Waals surface area contributed by atoms with Crippen LogP contribution in [0, 0.1) is 6.57 Å². The molecule has 1 aliphatic heterocycles. The molecule has 0 aromatic heterocycles. The van der Waals surface area contributed by atoms with Gasteiger partial charge < -0.3 is 0 Å². The molecule has 1 amide bonds. The third kappa shape index (κ3) is 1.67.